The van der Waals surface area contributed by atoms with Gasteiger partial charge in [0.15, 0.2) is 5.13 Å². The van der Waals surface area contributed by atoms with E-state index in [0.717, 1.165) is 54.5 Å². The van der Waals surface area contributed by atoms with Crippen molar-refractivity contribution in [3.05, 3.63) is 10.6 Å². The van der Waals surface area contributed by atoms with Gasteiger partial charge in [-0.15, -0.1) is 0 Å². The largest absolute Gasteiger partial charge is 0.388 e. The number of aliphatic hydroxyl groups excluding tert-OH is 1. The van der Waals surface area contributed by atoms with Crippen LogP contribution in [0.4, 0.5) is 5.13 Å². The average molecular weight is 268 g/mol. The molecule has 5 heteroatoms. The molecule has 1 aliphatic carbocycles. The highest BCUT2D eigenvalue weighted by molar-refractivity contribution is 7.15. The number of aromatic nitrogens is 1. The van der Waals surface area contributed by atoms with Crippen molar-refractivity contribution in [2.45, 2.75) is 44.3 Å². The number of ether oxygens (including phenoxy) is 1. The van der Waals surface area contributed by atoms with Crippen molar-refractivity contribution in [3.8, 4) is 0 Å². The molecule has 0 saturated carbocycles. The number of anilines is 1. The Kier molecular flexibility index (Phi) is 3.54. The summed E-state index contributed by atoms with van der Waals surface area (Å²) in [6.45, 7) is 1.80. The third-order valence-corrected chi connectivity index (χ3v) is 5.05. The van der Waals surface area contributed by atoms with E-state index in [0.29, 0.717) is 6.10 Å². The first-order valence-electron chi connectivity index (χ1n) is 6.74. The molecule has 1 aromatic heterocycles. The van der Waals surface area contributed by atoms with Gasteiger partial charge in [-0.3, -0.25) is 0 Å². The normalized spacial score (nSPS) is 27.2. The zero-order valence-electron chi connectivity index (χ0n) is 10.8. The van der Waals surface area contributed by atoms with Crippen molar-refractivity contribution in [3.63, 3.8) is 0 Å². The third-order valence-electron chi connectivity index (χ3n) is 3.74. The van der Waals surface area contributed by atoms with Crippen molar-refractivity contribution >= 4 is 16.5 Å². The number of rotatable bonds is 3. The zero-order valence-corrected chi connectivity index (χ0v) is 11.6. The first kappa shape index (κ1) is 12.4. The Morgan fingerprint density at radius 3 is 3.06 bits per heavy atom. The number of hydrogen-bond acceptors (Lipinski definition) is 5. The van der Waals surface area contributed by atoms with Crippen molar-refractivity contribution in [1.82, 2.24) is 4.98 Å². The lowest BCUT2D eigenvalue weighted by Gasteiger charge is -2.19. The Labute approximate surface area is 112 Å². The SMILES string of the molecule is CN(CC1CCCO1)c1nc2c(s1)C(O)CCC2. The number of fused-ring (bicyclic) bond motifs is 1. The van der Waals surface area contributed by atoms with Gasteiger partial charge in [-0.25, -0.2) is 4.98 Å². The summed E-state index contributed by atoms with van der Waals surface area (Å²) in [6, 6.07) is 0. The standard InChI is InChI=1S/C13H20N2O2S/c1-15(8-9-4-3-7-17-9)13-14-10-5-2-6-11(16)12(10)18-13/h9,11,16H,2-8H2,1H3. The average Bonchev–Trinajstić information content (AvgIpc) is 2.97. The molecular weight excluding hydrogens is 248 g/mol. The summed E-state index contributed by atoms with van der Waals surface area (Å²) >= 11 is 1.64. The van der Waals surface area contributed by atoms with Crippen LogP contribution in [0.2, 0.25) is 0 Å². The number of aliphatic hydroxyl groups is 1. The third kappa shape index (κ3) is 2.39. The fourth-order valence-corrected chi connectivity index (χ4v) is 3.82. The Balaban J connectivity index is 1.71. The maximum absolute atomic E-state index is 9.97. The van der Waals surface area contributed by atoms with Gasteiger partial charge in [-0.05, 0) is 32.1 Å². The summed E-state index contributed by atoms with van der Waals surface area (Å²) < 4.78 is 5.65. The molecule has 2 aliphatic rings. The monoisotopic (exact) mass is 268 g/mol. The van der Waals surface area contributed by atoms with E-state index in [1.54, 1.807) is 11.3 Å². The van der Waals surface area contributed by atoms with E-state index in [-0.39, 0.29) is 6.10 Å². The fourth-order valence-electron chi connectivity index (χ4n) is 2.72. The van der Waals surface area contributed by atoms with Crippen LogP contribution < -0.4 is 4.90 Å². The molecule has 1 fully saturated rings. The fraction of sp³-hybridized carbons (Fsp3) is 0.769. The van der Waals surface area contributed by atoms with Gasteiger partial charge in [-0.2, -0.15) is 0 Å². The molecule has 1 saturated heterocycles. The second-order valence-electron chi connectivity index (χ2n) is 5.23. The molecule has 100 valence electrons. The van der Waals surface area contributed by atoms with Crippen molar-refractivity contribution in [1.29, 1.82) is 0 Å². The lowest BCUT2D eigenvalue weighted by atomic mass is 10.0. The van der Waals surface area contributed by atoms with E-state index < -0.39 is 0 Å². The Hall–Kier alpha value is -0.650. The van der Waals surface area contributed by atoms with Crippen LogP contribution in [0.1, 0.15) is 42.4 Å². The van der Waals surface area contributed by atoms with Crippen LogP contribution in [-0.2, 0) is 11.2 Å². The van der Waals surface area contributed by atoms with Gasteiger partial charge in [0.2, 0.25) is 0 Å². The highest BCUT2D eigenvalue weighted by Gasteiger charge is 2.25. The summed E-state index contributed by atoms with van der Waals surface area (Å²) in [5, 5.41) is 11.0. The van der Waals surface area contributed by atoms with Crippen LogP contribution >= 0.6 is 11.3 Å². The van der Waals surface area contributed by atoms with Gasteiger partial charge in [0.25, 0.3) is 0 Å². The summed E-state index contributed by atoms with van der Waals surface area (Å²) in [5.41, 5.74) is 1.10. The van der Waals surface area contributed by atoms with Crippen LogP contribution in [0.5, 0.6) is 0 Å². The molecular formula is C13H20N2O2S. The highest BCUT2D eigenvalue weighted by Crippen LogP contribution is 2.37. The van der Waals surface area contributed by atoms with Gasteiger partial charge in [-0.1, -0.05) is 11.3 Å². The maximum Gasteiger partial charge on any atom is 0.185 e. The molecule has 0 amide bonds. The van der Waals surface area contributed by atoms with Gasteiger partial charge in [0.05, 0.1) is 22.8 Å². The quantitative estimate of drug-likeness (QED) is 0.912. The zero-order chi connectivity index (χ0) is 12.5. The lowest BCUT2D eigenvalue weighted by molar-refractivity contribution is 0.116. The summed E-state index contributed by atoms with van der Waals surface area (Å²) in [7, 11) is 2.07. The van der Waals surface area contributed by atoms with E-state index >= 15 is 0 Å². The van der Waals surface area contributed by atoms with Crippen LogP contribution in [0.3, 0.4) is 0 Å². The van der Waals surface area contributed by atoms with E-state index in [4.69, 9.17) is 4.74 Å². The number of aryl methyl sites for hydroxylation is 1. The molecule has 0 radical (unpaired) electrons. The van der Waals surface area contributed by atoms with E-state index in [9.17, 15) is 5.11 Å². The Morgan fingerprint density at radius 2 is 2.33 bits per heavy atom. The number of hydrogen-bond donors (Lipinski definition) is 1. The molecule has 18 heavy (non-hydrogen) atoms. The molecule has 2 unspecified atom stereocenters. The predicted molar refractivity (Wildman–Crippen MR) is 72.3 cm³/mol. The lowest BCUT2D eigenvalue weighted by Crippen LogP contribution is -2.28. The second kappa shape index (κ2) is 5.15. The van der Waals surface area contributed by atoms with Crippen molar-refractivity contribution < 1.29 is 9.84 Å². The molecule has 1 aliphatic heterocycles. The van der Waals surface area contributed by atoms with E-state index in [2.05, 4.69) is 16.9 Å². The van der Waals surface area contributed by atoms with E-state index in [1.165, 1.54) is 6.42 Å². The minimum atomic E-state index is -0.295. The van der Waals surface area contributed by atoms with Gasteiger partial charge < -0.3 is 14.7 Å². The van der Waals surface area contributed by atoms with Gasteiger partial charge in [0, 0.05) is 20.2 Å². The summed E-state index contributed by atoms with van der Waals surface area (Å²) in [5.74, 6) is 0. The molecule has 0 aromatic carbocycles. The molecule has 1 aromatic rings. The summed E-state index contributed by atoms with van der Waals surface area (Å²) in [6.07, 6.45) is 5.31. The predicted octanol–water partition coefficient (Wildman–Crippen LogP) is 2.13. The Morgan fingerprint density at radius 1 is 1.44 bits per heavy atom. The van der Waals surface area contributed by atoms with Gasteiger partial charge in [0.1, 0.15) is 0 Å². The maximum atomic E-state index is 9.97. The molecule has 4 nitrogen and oxygen atoms in total. The second-order valence-corrected chi connectivity index (χ2v) is 6.24. The molecule has 0 spiro atoms. The van der Waals surface area contributed by atoms with Crippen LogP contribution in [0, 0.1) is 0 Å². The van der Waals surface area contributed by atoms with Crippen LogP contribution in [0.25, 0.3) is 0 Å². The minimum Gasteiger partial charge on any atom is -0.388 e. The van der Waals surface area contributed by atoms with Crippen LogP contribution in [0.15, 0.2) is 0 Å². The minimum absolute atomic E-state index is 0.295. The molecule has 0 bridgehead atoms. The van der Waals surface area contributed by atoms with E-state index in [1.807, 2.05) is 0 Å². The van der Waals surface area contributed by atoms with Crippen molar-refractivity contribution in [2.75, 3.05) is 25.1 Å². The number of likely N-dealkylation sites (N-methyl/N-ethyl adjacent to an activating group) is 1. The number of thiazole rings is 1. The molecule has 3 rings (SSSR count). The Bertz CT molecular complexity index is 415. The summed E-state index contributed by atoms with van der Waals surface area (Å²) in [4.78, 5) is 7.92. The molecule has 1 N–H and O–H groups in total. The van der Waals surface area contributed by atoms with Crippen molar-refractivity contribution in [2.24, 2.45) is 0 Å². The van der Waals surface area contributed by atoms with Gasteiger partial charge >= 0.3 is 0 Å². The topological polar surface area (TPSA) is 45.6 Å². The van der Waals surface area contributed by atoms with Crippen LogP contribution in [-0.4, -0.2) is 36.4 Å². The first-order chi connectivity index (χ1) is 8.74. The molecule has 2 heterocycles. The highest BCUT2D eigenvalue weighted by atomic mass is 32.1. The smallest absolute Gasteiger partial charge is 0.185 e. The molecule has 2 atom stereocenters. The first-order valence-corrected chi connectivity index (χ1v) is 7.56. The number of nitrogens with zero attached hydrogens (tertiary/aromatic N) is 2.